The van der Waals surface area contributed by atoms with Crippen LogP contribution in [0.2, 0.25) is 0 Å². The lowest BCUT2D eigenvalue weighted by atomic mass is 10.1. The molecule has 0 radical (unpaired) electrons. The third-order valence-corrected chi connectivity index (χ3v) is 3.48. The Bertz CT molecular complexity index is 356. The fourth-order valence-electron chi connectivity index (χ4n) is 2.43. The highest BCUT2D eigenvalue weighted by atomic mass is 16.5. The molecule has 1 unspecified atom stereocenters. The minimum absolute atomic E-state index is 0.243. The van der Waals surface area contributed by atoms with Crippen LogP contribution in [0.15, 0.2) is 24.3 Å². The zero-order valence-corrected chi connectivity index (χ0v) is 12.1. The van der Waals surface area contributed by atoms with E-state index >= 15 is 0 Å². The molecule has 1 aliphatic rings. The highest BCUT2D eigenvalue weighted by Crippen LogP contribution is 2.14. The molecule has 1 saturated heterocycles. The molecule has 0 bridgehead atoms. The van der Waals surface area contributed by atoms with Crippen molar-refractivity contribution in [1.29, 1.82) is 0 Å². The zero-order valence-electron chi connectivity index (χ0n) is 12.1. The van der Waals surface area contributed by atoms with Crippen LogP contribution in [0.4, 0.5) is 0 Å². The maximum absolute atomic E-state index is 5.64. The van der Waals surface area contributed by atoms with Gasteiger partial charge >= 0.3 is 0 Å². The smallest absolute Gasteiger partial charge is 0.119 e. The summed E-state index contributed by atoms with van der Waals surface area (Å²) in [5.41, 5.74) is 1.37. The first-order chi connectivity index (χ1) is 9.24. The Morgan fingerprint density at radius 2 is 2.11 bits per heavy atom. The predicted octanol–water partition coefficient (Wildman–Crippen LogP) is 2.22. The molecule has 1 fully saturated rings. The Morgan fingerprint density at radius 3 is 2.74 bits per heavy atom. The van der Waals surface area contributed by atoms with Crippen LogP contribution in [0.25, 0.3) is 0 Å². The molecule has 2 N–H and O–H groups in total. The van der Waals surface area contributed by atoms with Gasteiger partial charge in [-0.2, -0.15) is 0 Å². The molecule has 0 aliphatic carbocycles. The second-order valence-corrected chi connectivity index (χ2v) is 5.62. The zero-order chi connectivity index (χ0) is 13.5. The minimum atomic E-state index is 0.243. The van der Waals surface area contributed by atoms with E-state index in [1.807, 2.05) is 0 Å². The molecule has 1 aliphatic heterocycles. The van der Waals surface area contributed by atoms with Gasteiger partial charge in [0.1, 0.15) is 5.75 Å². The van der Waals surface area contributed by atoms with Gasteiger partial charge in [0.25, 0.3) is 0 Å². The van der Waals surface area contributed by atoms with E-state index < -0.39 is 0 Å². The van der Waals surface area contributed by atoms with Crippen LogP contribution in [0.3, 0.4) is 0 Å². The average molecular weight is 262 g/mol. The van der Waals surface area contributed by atoms with E-state index in [0.717, 1.165) is 31.2 Å². The quantitative estimate of drug-likeness (QED) is 0.739. The summed E-state index contributed by atoms with van der Waals surface area (Å²) in [6.07, 6.45) is 2.64. The van der Waals surface area contributed by atoms with Crippen LogP contribution >= 0.6 is 0 Å². The van der Waals surface area contributed by atoms with Gasteiger partial charge in [-0.1, -0.05) is 12.1 Å². The van der Waals surface area contributed by atoms with Crippen LogP contribution in [-0.4, -0.2) is 32.3 Å². The maximum Gasteiger partial charge on any atom is 0.119 e. The predicted molar refractivity (Wildman–Crippen MR) is 79.8 cm³/mol. The molecule has 0 saturated carbocycles. The number of rotatable bonds is 7. The third kappa shape index (κ3) is 5.21. The topological polar surface area (TPSA) is 33.3 Å². The fourth-order valence-corrected chi connectivity index (χ4v) is 2.43. The second kappa shape index (κ2) is 7.51. The first-order valence-electron chi connectivity index (χ1n) is 7.41. The van der Waals surface area contributed by atoms with Crippen molar-refractivity contribution in [1.82, 2.24) is 10.6 Å². The van der Waals surface area contributed by atoms with Crippen LogP contribution in [0, 0.1) is 5.92 Å². The molecule has 1 aromatic rings. The van der Waals surface area contributed by atoms with E-state index in [1.165, 1.54) is 25.1 Å². The number of benzene rings is 1. The van der Waals surface area contributed by atoms with Crippen LogP contribution in [0.1, 0.15) is 25.8 Å². The molecule has 106 valence electrons. The van der Waals surface area contributed by atoms with Gasteiger partial charge in [0, 0.05) is 0 Å². The lowest BCUT2D eigenvalue weighted by Crippen LogP contribution is -2.26. The van der Waals surface area contributed by atoms with Crippen molar-refractivity contribution in [2.75, 3.05) is 26.2 Å². The van der Waals surface area contributed by atoms with Crippen LogP contribution in [0.5, 0.6) is 5.75 Å². The third-order valence-electron chi connectivity index (χ3n) is 3.48. The molecule has 3 heteroatoms. The Labute approximate surface area is 116 Å². The van der Waals surface area contributed by atoms with Crippen molar-refractivity contribution >= 4 is 0 Å². The first-order valence-corrected chi connectivity index (χ1v) is 7.41. The minimum Gasteiger partial charge on any atom is -0.491 e. The van der Waals surface area contributed by atoms with E-state index in [4.69, 9.17) is 4.74 Å². The summed E-state index contributed by atoms with van der Waals surface area (Å²) in [5, 5.41) is 6.95. The van der Waals surface area contributed by atoms with Gasteiger partial charge in [-0.05, 0) is 76.5 Å². The van der Waals surface area contributed by atoms with Gasteiger partial charge in [0.2, 0.25) is 0 Å². The van der Waals surface area contributed by atoms with Crippen molar-refractivity contribution < 1.29 is 4.74 Å². The average Bonchev–Trinajstić information content (AvgIpc) is 2.89. The number of nitrogens with one attached hydrogen (secondary N) is 2. The molecule has 19 heavy (non-hydrogen) atoms. The summed E-state index contributed by atoms with van der Waals surface area (Å²) in [6, 6.07) is 8.46. The summed E-state index contributed by atoms with van der Waals surface area (Å²) >= 11 is 0. The van der Waals surface area contributed by atoms with Crippen molar-refractivity contribution in [3.63, 3.8) is 0 Å². The van der Waals surface area contributed by atoms with Gasteiger partial charge in [-0.15, -0.1) is 0 Å². The second-order valence-electron chi connectivity index (χ2n) is 5.62. The van der Waals surface area contributed by atoms with E-state index in [-0.39, 0.29) is 6.10 Å². The highest BCUT2D eigenvalue weighted by molar-refractivity contribution is 5.27. The molecular weight excluding hydrogens is 236 g/mol. The Hall–Kier alpha value is -1.06. The fraction of sp³-hybridized carbons (Fsp3) is 0.625. The van der Waals surface area contributed by atoms with Crippen molar-refractivity contribution in [2.45, 2.75) is 32.8 Å². The molecule has 0 spiro atoms. The number of hydrogen-bond donors (Lipinski definition) is 2. The molecule has 0 aromatic heterocycles. The standard InChI is InChI=1S/C16H26N2O/c1-13(2)19-16-5-3-14(4-6-16)7-9-17-11-15-8-10-18-12-15/h3-6,13,15,17-18H,7-12H2,1-2H3. The van der Waals surface area contributed by atoms with Gasteiger partial charge in [0.05, 0.1) is 6.10 Å². The lowest BCUT2D eigenvalue weighted by molar-refractivity contribution is 0.242. The van der Waals surface area contributed by atoms with Crippen molar-refractivity contribution in [3.05, 3.63) is 29.8 Å². The molecule has 2 rings (SSSR count). The normalized spacial score (nSPS) is 19.0. The van der Waals surface area contributed by atoms with Crippen LogP contribution in [-0.2, 0) is 6.42 Å². The van der Waals surface area contributed by atoms with E-state index in [2.05, 4.69) is 48.7 Å². The van der Waals surface area contributed by atoms with E-state index in [0.29, 0.717) is 0 Å². The lowest BCUT2D eigenvalue weighted by Gasteiger charge is -2.11. The molecule has 1 aromatic carbocycles. The van der Waals surface area contributed by atoms with E-state index in [1.54, 1.807) is 0 Å². The maximum atomic E-state index is 5.64. The van der Waals surface area contributed by atoms with Crippen molar-refractivity contribution in [2.24, 2.45) is 5.92 Å². The largest absolute Gasteiger partial charge is 0.491 e. The highest BCUT2D eigenvalue weighted by Gasteiger charge is 2.12. The van der Waals surface area contributed by atoms with E-state index in [9.17, 15) is 0 Å². The summed E-state index contributed by atoms with van der Waals surface area (Å²) in [6.45, 7) is 8.66. The summed E-state index contributed by atoms with van der Waals surface area (Å²) < 4.78 is 5.64. The SMILES string of the molecule is CC(C)Oc1ccc(CCNCC2CCNC2)cc1. The summed E-state index contributed by atoms with van der Waals surface area (Å²) in [5.74, 6) is 1.78. The number of hydrogen-bond acceptors (Lipinski definition) is 3. The molecular formula is C16H26N2O. The first kappa shape index (κ1) is 14.4. The van der Waals surface area contributed by atoms with Crippen LogP contribution < -0.4 is 15.4 Å². The molecule has 1 heterocycles. The van der Waals surface area contributed by atoms with Crippen molar-refractivity contribution in [3.8, 4) is 5.75 Å². The van der Waals surface area contributed by atoms with Gasteiger partial charge in [0.15, 0.2) is 0 Å². The van der Waals surface area contributed by atoms with Gasteiger partial charge in [-0.3, -0.25) is 0 Å². The molecule has 3 nitrogen and oxygen atoms in total. The molecule has 0 amide bonds. The molecule has 1 atom stereocenters. The summed E-state index contributed by atoms with van der Waals surface area (Å²) in [4.78, 5) is 0. The Balaban J connectivity index is 1.65. The monoisotopic (exact) mass is 262 g/mol. The van der Waals surface area contributed by atoms with Gasteiger partial charge < -0.3 is 15.4 Å². The number of ether oxygens (including phenoxy) is 1. The summed E-state index contributed by atoms with van der Waals surface area (Å²) in [7, 11) is 0. The Kier molecular flexibility index (Phi) is 5.67. The Morgan fingerprint density at radius 1 is 1.32 bits per heavy atom. The van der Waals surface area contributed by atoms with Gasteiger partial charge in [-0.25, -0.2) is 0 Å².